The standard InChI is InChI=1S/C15H16F3N5O3/c1-25-23-8-6-22(7-9-23)14(24)19-11-4-2-10(3-5-11)12-20-13(26-21-12)15(16,17)18/h2-5H,6-9H2,1H3,(H,19,24). The zero-order valence-corrected chi connectivity index (χ0v) is 13.8. The summed E-state index contributed by atoms with van der Waals surface area (Å²) in [6, 6.07) is 5.87. The minimum atomic E-state index is -4.69. The third kappa shape index (κ3) is 4.11. The van der Waals surface area contributed by atoms with Crippen LogP contribution in [0.2, 0.25) is 0 Å². The van der Waals surface area contributed by atoms with Gasteiger partial charge in [0.1, 0.15) is 0 Å². The quantitative estimate of drug-likeness (QED) is 0.892. The van der Waals surface area contributed by atoms with Gasteiger partial charge in [0, 0.05) is 37.4 Å². The first-order valence-corrected chi connectivity index (χ1v) is 7.73. The van der Waals surface area contributed by atoms with Crippen LogP contribution in [0.15, 0.2) is 28.8 Å². The van der Waals surface area contributed by atoms with Gasteiger partial charge in [0.2, 0.25) is 5.82 Å². The van der Waals surface area contributed by atoms with Crippen molar-refractivity contribution in [1.29, 1.82) is 0 Å². The number of halogens is 3. The fourth-order valence-electron chi connectivity index (χ4n) is 2.43. The number of amides is 2. The summed E-state index contributed by atoms with van der Waals surface area (Å²) in [6.45, 7) is 2.28. The van der Waals surface area contributed by atoms with Crippen molar-refractivity contribution >= 4 is 11.7 Å². The minimum Gasteiger partial charge on any atom is -0.329 e. The molecule has 2 heterocycles. The van der Waals surface area contributed by atoms with Crippen LogP contribution in [0.4, 0.5) is 23.7 Å². The van der Waals surface area contributed by atoms with Gasteiger partial charge in [-0.2, -0.15) is 23.2 Å². The molecule has 1 aromatic carbocycles. The normalized spacial score (nSPS) is 15.9. The van der Waals surface area contributed by atoms with Gasteiger partial charge >= 0.3 is 18.1 Å². The molecule has 2 aromatic rings. The number of benzene rings is 1. The first kappa shape index (κ1) is 18.1. The molecule has 11 heteroatoms. The molecule has 140 valence electrons. The van der Waals surface area contributed by atoms with Crippen molar-refractivity contribution in [2.75, 3.05) is 38.6 Å². The number of carbonyl (C=O) groups excluding carboxylic acids is 1. The number of hydroxylamine groups is 2. The fourth-order valence-corrected chi connectivity index (χ4v) is 2.43. The molecule has 0 radical (unpaired) electrons. The van der Waals surface area contributed by atoms with Crippen LogP contribution < -0.4 is 5.32 Å². The number of hydrogen-bond donors (Lipinski definition) is 1. The van der Waals surface area contributed by atoms with E-state index in [1.165, 1.54) is 12.1 Å². The van der Waals surface area contributed by atoms with Gasteiger partial charge in [-0.3, -0.25) is 0 Å². The van der Waals surface area contributed by atoms with Crippen molar-refractivity contribution in [2.45, 2.75) is 6.18 Å². The summed E-state index contributed by atoms with van der Waals surface area (Å²) in [5.41, 5.74) is 0.850. The second kappa shape index (κ2) is 7.30. The molecule has 1 saturated heterocycles. The molecule has 0 atom stereocenters. The average Bonchev–Trinajstić information content (AvgIpc) is 3.13. The molecule has 2 amide bonds. The minimum absolute atomic E-state index is 0.175. The van der Waals surface area contributed by atoms with Crippen molar-refractivity contribution in [2.24, 2.45) is 0 Å². The Labute approximate surface area is 146 Å². The van der Waals surface area contributed by atoms with Gasteiger partial charge < -0.3 is 19.6 Å². The number of nitrogens with one attached hydrogen (secondary N) is 1. The zero-order valence-electron chi connectivity index (χ0n) is 13.8. The Kier molecular flexibility index (Phi) is 5.09. The molecule has 8 nitrogen and oxygen atoms in total. The Morgan fingerprint density at radius 1 is 1.19 bits per heavy atom. The van der Waals surface area contributed by atoms with Gasteiger partial charge in [0.05, 0.1) is 7.11 Å². The summed E-state index contributed by atoms with van der Waals surface area (Å²) in [5.74, 6) is -1.58. The van der Waals surface area contributed by atoms with Crippen LogP contribution >= 0.6 is 0 Å². The van der Waals surface area contributed by atoms with E-state index < -0.39 is 12.1 Å². The molecule has 3 rings (SSSR count). The summed E-state index contributed by atoms with van der Waals surface area (Å²) in [7, 11) is 1.58. The third-order valence-electron chi connectivity index (χ3n) is 3.85. The summed E-state index contributed by atoms with van der Waals surface area (Å²) in [6.07, 6.45) is -4.69. The van der Waals surface area contributed by atoms with E-state index in [1.807, 2.05) is 0 Å². The highest BCUT2D eigenvalue weighted by Crippen LogP contribution is 2.29. The number of rotatable bonds is 3. The SMILES string of the molecule is CON1CCN(C(=O)Nc2ccc(-c3noc(C(F)(F)F)n3)cc2)CC1. The molecular weight excluding hydrogens is 355 g/mol. The zero-order chi connectivity index (χ0) is 18.7. The van der Waals surface area contributed by atoms with E-state index in [9.17, 15) is 18.0 Å². The molecule has 26 heavy (non-hydrogen) atoms. The van der Waals surface area contributed by atoms with Crippen molar-refractivity contribution in [1.82, 2.24) is 20.1 Å². The lowest BCUT2D eigenvalue weighted by molar-refractivity contribution is -0.159. The summed E-state index contributed by atoms with van der Waals surface area (Å²) in [4.78, 5) is 22.3. The third-order valence-corrected chi connectivity index (χ3v) is 3.85. The number of hydrogen-bond acceptors (Lipinski definition) is 6. The second-order valence-electron chi connectivity index (χ2n) is 5.53. The van der Waals surface area contributed by atoms with Crippen LogP contribution in [0.5, 0.6) is 0 Å². The number of piperazine rings is 1. The lowest BCUT2D eigenvalue weighted by Gasteiger charge is -2.33. The molecule has 0 bridgehead atoms. The molecule has 0 aliphatic carbocycles. The topological polar surface area (TPSA) is 83.7 Å². The van der Waals surface area contributed by atoms with Crippen LogP contribution in [-0.4, -0.2) is 59.4 Å². The highest BCUT2D eigenvalue weighted by Gasteiger charge is 2.38. The molecule has 1 fully saturated rings. The van der Waals surface area contributed by atoms with Gasteiger partial charge in [-0.05, 0) is 24.3 Å². The number of alkyl halides is 3. The summed E-state index contributed by atoms with van der Waals surface area (Å²) in [5, 5.41) is 7.81. The number of urea groups is 1. The van der Waals surface area contributed by atoms with Gasteiger partial charge in [-0.1, -0.05) is 5.16 Å². The second-order valence-corrected chi connectivity index (χ2v) is 5.53. The summed E-state index contributed by atoms with van der Waals surface area (Å²) >= 11 is 0. The van der Waals surface area contributed by atoms with Crippen LogP contribution in [0.25, 0.3) is 11.4 Å². The Morgan fingerprint density at radius 2 is 1.85 bits per heavy atom. The van der Waals surface area contributed by atoms with Gasteiger partial charge in [-0.25, -0.2) is 4.79 Å². The van der Waals surface area contributed by atoms with Crippen molar-refractivity contribution in [3.05, 3.63) is 30.2 Å². The van der Waals surface area contributed by atoms with Crippen LogP contribution in [0.1, 0.15) is 5.89 Å². The maximum Gasteiger partial charge on any atom is 0.471 e. The number of nitrogens with zero attached hydrogens (tertiary/aromatic N) is 4. The van der Waals surface area contributed by atoms with Crippen LogP contribution in [0, 0.1) is 0 Å². The van der Waals surface area contributed by atoms with Gasteiger partial charge in [-0.15, -0.1) is 0 Å². The van der Waals surface area contributed by atoms with E-state index in [4.69, 9.17) is 4.84 Å². The highest BCUT2D eigenvalue weighted by molar-refractivity contribution is 5.89. The maximum absolute atomic E-state index is 12.5. The number of aromatic nitrogens is 2. The van der Waals surface area contributed by atoms with E-state index in [2.05, 4.69) is 20.0 Å². The molecule has 0 saturated carbocycles. The largest absolute Gasteiger partial charge is 0.471 e. The molecule has 1 aliphatic heterocycles. The maximum atomic E-state index is 12.5. The van der Waals surface area contributed by atoms with E-state index in [0.29, 0.717) is 37.4 Å². The van der Waals surface area contributed by atoms with E-state index >= 15 is 0 Å². The first-order chi connectivity index (χ1) is 12.4. The average molecular weight is 371 g/mol. The van der Waals surface area contributed by atoms with Crippen LogP contribution in [-0.2, 0) is 11.0 Å². The van der Waals surface area contributed by atoms with E-state index in [0.717, 1.165) is 0 Å². The predicted molar refractivity (Wildman–Crippen MR) is 83.9 cm³/mol. The molecule has 0 unspecified atom stereocenters. The van der Waals surface area contributed by atoms with Crippen LogP contribution in [0.3, 0.4) is 0 Å². The molecular formula is C15H16F3N5O3. The van der Waals surface area contributed by atoms with E-state index in [-0.39, 0.29) is 11.9 Å². The molecule has 1 N–H and O–H groups in total. The Bertz CT molecular complexity index is 755. The van der Waals surface area contributed by atoms with Crippen molar-refractivity contribution in [3.8, 4) is 11.4 Å². The highest BCUT2D eigenvalue weighted by atomic mass is 19.4. The predicted octanol–water partition coefficient (Wildman–Crippen LogP) is 2.47. The summed E-state index contributed by atoms with van der Waals surface area (Å²) < 4.78 is 41.7. The fraction of sp³-hybridized carbons (Fsp3) is 0.400. The number of anilines is 1. The Balaban J connectivity index is 1.61. The molecule has 1 aromatic heterocycles. The Hall–Kier alpha value is -2.66. The van der Waals surface area contributed by atoms with Gasteiger partial charge in [0.15, 0.2) is 0 Å². The lowest BCUT2D eigenvalue weighted by atomic mass is 10.2. The molecule has 0 spiro atoms. The van der Waals surface area contributed by atoms with Gasteiger partial charge in [0.25, 0.3) is 0 Å². The number of carbonyl (C=O) groups is 1. The van der Waals surface area contributed by atoms with Crippen molar-refractivity contribution in [3.63, 3.8) is 0 Å². The van der Waals surface area contributed by atoms with Crippen molar-refractivity contribution < 1.29 is 27.3 Å². The van der Waals surface area contributed by atoms with E-state index in [1.54, 1.807) is 29.2 Å². The molecule has 1 aliphatic rings. The first-order valence-electron chi connectivity index (χ1n) is 7.73. The Morgan fingerprint density at radius 3 is 2.38 bits per heavy atom. The smallest absolute Gasteiger partial charge is 0.329 e. The monoisotopic (exact) mass is 371 g/mol. The lowest BCUT2D eigenvalue weighted by Crippen LogP contribution is -2.49.